The third-order valence-corrected chi connectivity index (χ3v) is 1.62. The summed E-state index contributed by atoms with van der Waals surface area (Å²) in [7, 11) is 0. The highest BCUT2D eigenvalue weighted by atomic mass is 16.4. The second-order valence-electron chi connectivity index (χ2n) is 5.00. The van der Waals surface area contributed by atoms with Crippen molar-refractivity contribution in [3.05, 3.63) is 35.9 Å². The average Bonchev–Trinajstić information content (AvgIpc) is 2.16. The number of hydrogen-bond acceptors (Lipinski definition) is 3. The molecule has 0 spiro atoms. The first-order valence-electron chi connectivity index (χ1n) is 5.51. The molecule has 0 amide bonds. The molecule has 0 saturated carbocycles. The number of aliphatic carboxylic acids is 1. The van der Waals surface area contributed by atoms with Crippen molar-refractivity contribution in [1.82, 2.24) is 0 Å². The van der Waals surface area contributed by atoms with Crippen molar-refractivity contribution in [2.45, 2.75) is 38.8 Å². The van der Waals surface area contributed by atoms with Crippen LogP contribution in [0.4, 0.5) is 0 Å². The Labute approximate surface area is 103 Å². The molecule has 0 unspecified atom stereocenters. The summed E-state index contributed by atoms with van der Waals surface area (Å²) < 4.78 is 0. The van der Waals surface area contributed by atoms with Gasteiger partial charge in [-0.3, -0.25) is 4.79 Å². The number of nitrogens with two attached hydrogens (primary N) is 2. The lowest BCUT2D eigenvalue weighted by Gasteiger charge is -2.06. The smallest absolute Gasteiger partial charge is 0.320 e. The van der Waals surface area contributed by atoms with Crippen molar-refractivity contribution in [2.24, 2.45) is 11.5 Å². The maximum absolute atomic E-state index is 10.4. The predicted octanol–water partition coefficient (Wildman–Crippen LogP) is 1.38. The molecular weight excluding hydrogens is 216 g/mol. The van der Waals surface area contributed by atoms with Gasteiger partial charge in [0.05, 0.1) is 0 Å². The quantitative estimate of drug-likeness (QED) is 0.742. The second kappa shape index (κ2) is 7.04. The van der Waals surface area contributed by atoms with Gasteiger partial charge in [-0.05, 0) is 32.8 Å². The highest BCUT2D eigenvalue weighted by Gasteiger charge is 2.10. The normalized spacial score (nSPS) is 12.3. The van der Waals surface area contributed by atoms with Crippen LogP contribution in [0.3, 0.4) is 0 Å². The zero-order valence-electron chi connectivity index (χ0n) is 10.7. The minimum absolute atomic E-state index is 0. The molecule has 1 aromatic rings. The van der Waals surface area contributed by atoms with Crippen LogP contribution in [0.5, 0.6) is 0 Å². The van der Waals surface area contributed by atoms with Gasteiger partial charge in [0.15, 0.2) is 0 Å². The fourth-order valence-electron chi connectivity index (χ4n) is 0.955. The van der Waals surface area contributed by atoms with Gasteiger partial charge in [-0.2, -0.15) is 0 Å². The second-order valence-corrected chi connectivity index (χ2v) is 5.00. The summed E-state index contributed by atoms with van der Waals surface area (Å²) in [6, 6.07) is 8.54. The fraction of sp³-hybridized carbons (Fsp3) is 0.462. The molecule has 0 saturated heterocycles. The van der Waals surface area contributed by atoms with Crippen molar-refractivity contribution in [1.29, 1.82) is 0 Å². The molecule has 96 valence electrons. The van der Waals surface area contributed by atoms with E-state index in [0.29, 0.717) is 6.42 Å². The van der Waals surface area contributed by atoms with Crippen LogP contribution in [0.2, 0.25) is 0 Å². The first-order chi connectivity index (χ1) is 7.70. The zero-order valence-corrected chi connectivity index (χ0v) is 10.7. The number of hydrogen-bond donors (Lipinski definition) is 3. The number of rotatable bonds is 3. The zero-order chi connectivity index (χ0) is 13.5. The molecule has 0 aliphatic rings. The Morgan fingerprint density at radius 2 is 1.71 bits per heavy atom. The van der Waals surface area contributed by atoms with Crippen LogP contribution in [0.15, 0.2) is 30.3 Å². The molecule has 0 aliphatic heterocycles. The van der Waals surface area contributed by atoms with E-state index in [-0.39, 0.29) is 5.54 Å². The van der Waals surface area contributed by atoms with Crippen LogP contribution in [0, 0.1) is 0 Å². The van der Waals surface area contributed by atoms with E-state index in [1.54, 1.807) is 0 Å². The lowest BCUT2D eigenvalue weighted by molar-refractivity contribution is -0.138. The first-order valence-corrected chi connectivity index (χ1v) is 5.51. The van der Waals surface area contributed by atoms with Gasteiger partial charge in [-0.25, -0.2) is 0 Å². The van der Waals surface area contributed by atoms with E-state index in [2.05, 4.69) is 0 Å². The molecule has 17 heavy (non-hydrogen) atoms. The maximum Gasteiger partial charge on any atom is 0.320 e. The van der Waals surface area contributed by atoms with Gasteiger partial charge in [0.25, 0.3) is 0 Å². The summed E-state index contributed by atoms with van der Waals surface area (Å²) >= 11 is 0. The van der Waals surface area contributed by atoms with Gasteiger partial charge in [0, 0.05) is 5.54 Å². The third kappa shape index (κ3) is 10.9. The first kappa shape index (κ1) is 15.6. The molecular formula is C13H22N2O2. The molecule has 0 bridgehead atoms. The Kier molecular flexibility index (Phi) is 6.46. The monoisotopic (exact) mass is 238 g/mol. The van der Waals surface area contributed by atoms with Gasteiger partial charge in [-0.15, -0.1) is 0 Å². The average molecular weight is 238 g/mol. The van der Waals surface area contributed by atoms with Crippen LogP contribution in [0.25, 0.3) is 0 Å². The molecule has 4 nitrogen and oxygen atoms in total. The Hall–Kier alpha value is -1.39. The molecule has 0 aromatic heterocycles. The van der Waals surface area contributed by atoms with E-state index in [1.807, 2.05) is 51.1 Å². The Morgan fingerprint density at radius 3 is 2.06 bits per heavy atom. The van der Waals surface area contributed by atoms with E-state index in [9.17, 15) is 4.79 Å². The minimum atomic E-state index is -0.959. The van der Waals surface area contributed by atoms with E-state index in [4.69, 9.17) is 16.6 Å². The van der Waals surface area contributed by atoms with E-state index >= 15 is 0 Å². The van der Waals surface area contributed by atoms with Gasteiger partial charge < -0.3 is 16.6 Å². The van der Waals surface area contributed by atoms with Gasteiger partial charge in [0.1, 0.15) is 6.04 Å². The highest BCUT2D eigenvalue weighted by Crippen LogP contribution is 2.01. The Balaban J connectivity index is 0.000000437. The number of carboxylic acids is 1. The van der Waals surface area contributed by atoms with E-state index in [1.165, 1.54) is 0 Å². The maximum atomic E-state index is 10.4. The predicted molar refractivity (Wildman–Crippen MR) is 69.7 cm³/mol. The standard InChI is InChI=1S/C9H11NO2.C4H11N/c10-8(9(11)12)6-7-4-2-1-3-5-7;1-4(2,3)5/h1-5,8H,6,10H2,(H,11,12);5H2,1-3H3/t8-;/m0./s1. The molecule has 1 atom stereocenters. The molecule has 5 N–H and O–H groups in total. The lowest BCUT2D eigenvalue weighted by Crippen LogP contribution is -2.32. The van der Waals surface area contributed by atoms with Crippen molar-refractivity contribution in [3.63, 3.8) is 0 Å². The van der Waals surface area contributed by atoms with E-state index in [0.717, 1.165) is 5.56 Å². The lowest BCUT2D eigenvalue weighted by atomic mass is 10.1. The van der Waals surface area contributed by atoms with Crippen molar-refractivity contribution in [3.8, 4) is 0 Å². The van der Waals surface area contributed by atoms with Gasteiger partial charge >= 0.3 is 5.97 Å². The van der Waals surface area contributed by atoms with Crippen LogP contribution >= 0.6 is 0 Å². The van der Waals surface area contributed by atoms with Crippen LogP contribution < -0.4 is 11.5 Å². The largest absolute Gasteiger partial charge is 0.480 e. The Morgan fingerprint density at radius 1 is 1.29 bits per heavy atom. The minimum Gasteiger partial charge on any atom is -0.480 e. The number of carbonyl (C=O) groups is 1. The van der Waals surface area contributed by atoms with Crippen LogP contribution in [-0.4, -0.2) is 22.7 Å². The summed E-state index contributed by atoms with van der Waals surface area (Å²) in [6.07, 6.45) is 0.385. The molecule has 0 aliphatic carbocycles. The third-order valence-electron chi connectivity index (χ3n) is 1.62. The highest BCUT2D eigenvalue weighted by molar-refractivity contribution is 5.73. The summed E-state index contributed by atoms with van der Waals surface area (Å²) in [6.45, 7) is 5.90. The topological polar surface area (TPSA) is 89.3 Å². The summed E-state index contributed by atoms with van der Waals surface area (Å²) in [5.41, 5.74) is 11.7. The van der Waals surface area contributed by atoms with Crippen molar-refractivity contribution >= 4 is 5.97 Å². The van der Waals surface area contributed by atoms with Gasteiger partial charge in [0.2, 0.25) is 0 Å². The van der Waals surface area contributed by atoms with Crippen LogP contribution in [-0.2, 0) is 11.2 Å². The molecule has 0 heterocycles. The van der Waals surface area contributed by atoms with Crippen molar-refractivity contribution < 1.29 is 9.90 Å². The summed E-state index contributed by atoms with van der Waals surface area (Å²) in [5, 5.41) is 8.52. The summed E-state index contributed by atoms with van der Waals surface area (Å²) in [4.78, 5) is 10.4. The molecule has 0 radical (unpaired) electrons. The van der Waals surface area contributed by atoms with Crippen LogP contribution in [0.1, 0.15) is 26.3 Å². The summed E-state index contributed by atoms with van der Waals surface area (Å²) in [5.74, 6) is -0.959. The number of benzene rings is 1. The SMILES string of the molecule is CC(C)(C)N.N[C@@H](Cc1ccccc1)C(=O)O. The molecule has 1 aromatic carbocycles. The van der Waals surface area contributed by atoms with E-state index < -0.39 is 12.0 Å². The molecule has 0 fully saturated rings. The fourth-order valence-corrected chi connectivity index (χ4v) is 0.955. The Bertz CT molecular complexity index is 325. The van der Waals surface area contributed by atoms with Gasteiger partial charge in [-0.1, -0.05) is 30.3 Å². The van der Waals surface area contributed by atoms with Crippen molar-refractivity contribution in [2.75, 3.05) is 0 Å². The molecule has 4 heteroatoms. The molecule has 1 rings (SSSR count). The number of carboxylic acid groups (broad SMARTS) is 1.